The summed E-state index contributed by atoms with van der Waals surface area (Å²) < 4.78 is 0. The van der Waals surface area contributed by atoms with E-state index in [1.165, 1.54) is 77.7 Å². The summed E-state index contributed by atoms with van der Waals surface area (Å²) in [7, 11) is 0. The largest absolute Gasteiger partial charge is 0.317 e. The van der Waals surface area contributed by atoms with Crippen LogP contribution in [0.2, 0.25) is 0 Å². The van der Waals surface area contributed by atoms with Crippen LogP contribution in [0.3, 0.4) is 0 Å². The van der Waals surface area contributed by atoms with Crippen molar-refractivity contribution < 1.29 is 0 Å². The fourth-order valence-corrected chi connectivity index (χ4v) is 4.31. The van der Waals surface area contributed by atoms with Gasteiger partial charge in [0.1, 0.15) is 0 Å². The van der Waals surface area contributed by atoms with Gasteiger partial charge in [-0.05, 0) is 101 Å². The van der Waals surface area contributed by atoms with E-state index in [9.17, 15) is 0 Å². The standard InChI is InChI=1S/C19H38N2/c1-16(2)19-8-13-21(14-9-19)12-4-5-17(3)15-18-6-10-20-11-7-18/h16-20H,4-15H2,1-3H3. The van der Waals surface area contributed by atoms with Gasteiger partial charge >= 0.3 is 0 Å². The van der Waals surface area contributed by atoms with Gasteiger partial charge in [-0.25, -0.2) is 0 Å². The molecule has 0 amide bonds. The predicted octanol–water partition coefficient (Wildman–Crippen LogP) is 4.16. The van der Waals surface area contributed by atoms with Gasteiger partial charge in [0.2, 0.25) is 0 Å². The Bertz CT molecular complexity index is 263. The maximum absolute atomic E-state index is 3.48. The number of hydrogen-bond donors (Lipinski definition) is 1. The van der Waals surface area contributed by atoms with Crippen LogP contribution in [-0.4, -0.2) is 37.6 Å². The van der Waals surface area contributed by atoms with E-state index in [0.29, 0.717) is 0 Å². The summed E-state index contributed by atoms with van der Waals surface area (Å²) in [6.07, 6.45) is 10.0. The van der Waals surface area contributed by atoms with Gasteiger partial charge in [0.25, 0.3) is 0 Å². The minimum atomic E-state index is 0.886. The molecule has 2 saturated heterocycles. The lowest BCUT2D eigenvalue weighted by Crippen LogP contribution is -2.36. The van der Waals surface area contributed by atoms with Crippen molar-refractivity contribution in [2.75, 3.05) is 32.7 Å². The van der Waals surface area contributed by atoms with Crippen LogP contribution in [0.5, 0.6) is 0 Å². The molecule has 2 aliphatic rings. The molecule has 1 unspecified atom stereocenters. The number of nitrogens with zero attached hydrogens (tertiary/aromatic N) is 1. The Kier molecular flexibility index (Phi) is 7.53. The Labute approximate surface area is 133 Å². The zero-order valence-corrected chi connectivity index (χ0v) is 14.7. The molecule has 2 aliphatic heterocycles. The fourth-order valence-electron chi connectivity index (χ4n) is 4.31. The molecular formula is C19H38N2. The average Bonchev–Trinajstić information content (AvgIpc) is 2.49. The third-order valence-corrected chi connectivity index (χ3v) is 5.94. The zero-order valence-electron chi connectivity index (χ0n) is 14.7. The molecule has 1 N–H and O–H groups in total. The Balaban J connectivity index is 1.53. The fraction of sp³-hybridized carbons (Fsp3) is 1.00. The molecule has 0 aromatic rings. The Morgan fingerprint density at radius 3 is 2.29 bits per heavy atom. The van der Waals surface area contributed by atoms with Gasteiger partial charge in [-0.2, -0.15) is 0 Å². The van der Waals surface area contributed by atoms with Crippen LogP contribution >= 0.6 is 0 Å². The second-order valence-electron chi connectivity index (χ2n) is 8.10. The smallest absolute Gasteiger partial charge is 0.00160 e. The van der Waals surface area contributed by atoms with Gasteiger partial charge in [0.05, 0.1) is 0 Å². The third kappa shape index (κ3) is 6.28. The first-order valence-electron chi connectivity index (χ1n) is 9.58. The number of rotatable bonds is 7. The van der Waals surface area contributed by atoms with Crippen molar-refractivity contribution in [3.05, 3.63) is 0 Å². The third-order valence-electron chi connectivity index (χ3n) is 5.94. The number of piperidine rings is 2. The van der Waals surface area contributed by atoms with E-state index in [2.05, 4.69) is 31.0 Å². The molecule has 0 spiro atoms. The first-order valence-corrected chi connectivity index (χ1v) is 9.58. The lowest BCUT2D eigenvalue weighted by atomic mass is 9.86. The number of likely N-dealkylation sites (tertiary alicyclic amines) is 1. The SMILES string of the molecule is CC(CCCN1CCC(C(C)C)CC1)CC1CCNCC1. The molecule has 2 heteroatoms. The van der Waals surface area contributed by atoms with E-state index < -0.39 is 0 Å². The summed E-state index contributed by atoms with van der Waals surface area (Å²) in [5.74, 6) is 3.81. The van der Waals surface area contributed by atoms with Gasteiger partial charge in [0.15, 0.2) is 0 Å². The highest BCUT2D eigenvalue weighted by Crippen LogP contribution is 2.26. The predicted molar refractivity (Wildman–Crippen MR) is 92.6 cm³/mol. The molecule has 124 valence electrons. The van der Waals surface area contributed by atoms with Gasteiger partial charge < -0.3 is 10.2 Å². The topological polar surface area (TPSA) is 15.3 Å². The second kappa shape index (κ2) is 9.15. The molecule has 0 radical (unpaired) electrons. The molecule has 2 nitrogen and oxygen atoms in total. The molecule has 2 fully saturated rings. The minimum absolute atomic E-state index is 0.886. The zero-order chi connectivity index (χ0) is 15.1. The van der Waals surface area contributed by atoms with Crippen LogP contribution in [0.25, 0.3) is 0 Å². The van der Waals surface area contributed by atoms with E-state index in [4.69, 9.17) is 0 Å². The lowest BCUT2D eigenvalue weighted by Gasteiger charge is -2.34. The van der Waals surface area contributed by atoms with Gasteiger partial charge in [-0.15, -0.1) is 0 Å². The summed E-state index contributed by atoms with van der Waals surface area (Å²) in [5, 5.41) is 3.48. The van der Waals surface area contributed by atoms with E-state index in [1.54, 1.807) is 0 Å². The minimum Gasteiger partial charge on any atom is -0.317 e. The molecule has 0 aromatic carbocycles. The van der Waals surface area contributed by atoms with Gasteiger partial charge in [0, 0.05) is 0 Å². The van der Waals surface area contributed by atoms with Crippen LogP contribution in [0.15, 0.2) is 0 Å². The molecule has 0 bridgehead atoms. The summed E-state index contributed by atoms with van der Waals surface area (Å²) in [6.45, 7) is 13.8. The summed E-state index contributed by atoms with van der Waals surface area (Å²) >= 11 is 0. The van der Waals surface area contributed by atoms with Crippen molar-refractivity contribution in [3.8, 4) is 0 Å². The normalized spacial score (nSPS) is 24.6. The van der Waals surface area contributed by atoms with Crippen molar-refractivity contribution in [2.45, 2.75) is 65.7 Å². The summed E-state index contributed by atoms with van der Waals surface area (Å²) in [4.78, 5) is 2.72. The molecule has 21 heavy (non-hydrogen) atoms. The lowest BCUT2D eigenvalue weighted by molar-refractivity contribution is 0.153. The van der Waals surface area contributed by atoms with Crippen molar-refractivity contribution in [1.29, 1.82) is 0 Å². The first kappa shape index (κ1) is 17.3. The highest BCUT2D eigenvalue weighted by atomic mass is 15.1. The summed E-state index contributed by atoms with van der Waals surface area (Å²) in [6, 6.07) is 0. The van der Waals surface area contributed by atoms with Gasteiger partial charge in [-0.3, -0.25) is 0 Å². The molecule has 2 heterocycles. The Hall–Kier alpha value is -0.0800. The highest BCUT2D eigenvalue weighted by Gasteiger charge is 2.21. The Morgan fingerprint density at radius 2 is 1.67 bits per heavy atom. The maximum Gasteiger partial charge on any atom is -0.00160 e. The van der Waals surface area contributed by atoms with E-state index in [1.807, 2.05) is 0 Å². The first-order chi connectivity index (χ1) is 10.1. The number of hydrogen-bond acceptors (Lipinski definition) is 2. The van der Waals surface area contributed by atoms with Gasteiger partial charge in [-0.1, -0.05) is 20.8 Å². The van der Waals surface area contributed by atoms with Crippen LogP contribution in [0.4, 0.5) is 0 Å². The molecule has 1 atom stereocenters. The average molecular weight is 295 g/mol. The second-order valence-corrected chi connectivity index (χ2v) is 8.10. The molecule has 0 aromatic heterocycles. The quantitative estimate of drug-likeness (QED) is 0.758. The van der Waals surface area contributed by atoms with E-state index >= 15 is 0 Å². The molecule has 0 saturated carbocycles. The highest BCUT2D eigenvalue weighted by molar-refractivity contribution is 4.75. The van der Waals surface area contributed by atoms with E-state index in [0.717, 1.165) is 23.7 Å². The van der Waals surface area contributed by atoms with Crippen LogP contribution in [0.1, 0.15) is 65.7 Å². The van der Waals surface area contributed by atoms with Crippen LogP contribution < -0.4 is 5.32 Å². The number of nitrogens with one attached hydrogen (secondary N) is 1. The van der Waals surface area contributed by atoms with Crippen molar-refractivity contribution in [3.63, 3.8) is 0 Å². The van der Waals surface area contributed by atoms with Crippen molar-refractivity contribution in [2.24, 2.45) is 23.7 Å². The van der Waals surface area contributed by atoms with E-state index in [-0.39, 0.29) is 0 Å². The summed E-state index contributed by atoms with van der Waals surface area (Å²) in [5.41, 5.74) is 0. The van der Waals surface area contributed by atoms with Crippen molar-refractivity contribution in [1.82, 2.24) is 10.2 Å². The van der Waals surface area contributed by atoms with Crippen molar-refractivity contribution >= 4 is 0 Å². The molecule has 2 rings (SSSR count). The maximum atomic E-state index is 3.48. The van der Waals surface area contributed by atoms with Crippen LogP contribution in [-0.2, 0) is 0 Å². The van der Waals surface area contributed by atoms with Crippen LogP contribution in [0, 0.1) is 23.7 Å². The molecule has 0 aliphatic carbocycles. The Morgan fingerprint density at radius 1 is 1.00 bits per heavy atom. The molecular weight excluding hydrogens is 256 g/mol. The monoisotopic (exact) mass is 294 g/mol.